The fourth-order valence-corrected chi connectivity index (χ4v) is 8.16. The number of carbonyl (C=O) groups is 3. The molecule has 12 heteroatoms. The number of hydrogen-bond donors (Lipinski definition) is 2. The summed E-state index contributed by atoms with van der Waals surface area (Å²) in [5.41, 5.74) is -2.04. The molecule has 12 nitrogen and oxygen atoms in total. The van der Waals surface area contributed by atoms with Gasteiger partial charge in [-0.05, 0) is 80.6 Å². The minimum Gasteiger partial charge on any atom is -0.458 e. The summed E-state index contributed by atoms with van der Waals surface area (Å²) >= 11 is 0. The summed E-state index contributed by atoms with van der Waals surface area (Å²) in [4.78, 5) is 44.8. The summed E-state index contributed by atoms with van der Waals surface area (Å²) in [6.45, 7) is 17.2. The first-order valence-electron chi connectivity index (χ1n) is 17.5. The number of nitrogens with zero attached hydrogens (tertiary/aromatic N) is 2. The van der Waals surface area contributed by atoms with Gasteiger partial charge in [0.2, 0.25) is 0 Å². The Kier molecular flexibility index (Phi) is 13.8. The lowest BCUT2D eigenvalue weighted by molar-refractivity contribution is -0.297. The second-order valence-corrected chi connectivity index (χ2v) is 15.0. The molecule has 3 aliphatic rings. The van der Waals surface area contributed by atoms with Crippen LogP contribution < -0.4 is 5.32 Å². The van der Waals surface area contributed by atoms with E-state index in [-0.39, 0.29) is 48.2 Å². The molecule has 0 aromatic carbocycles. The summed E-state index contributed by atoms with van der Waals surface area (Å²) in [5.74, 6) is -3.47. The molecule has 0 aromatic heterocycles. The monoisotopic (exact) mass is 669 g/mol. The van der Waals surface area contributed by atoms with Gasteiger partial charge in [-0.15, -0.1) is 0 Å². The molecule has 3 aliphatic heterocycles. The van der Waals surface area contributed by atoms with E-state index in [1.54, 1.807) is 21.0 Å². The maximum absolute atomic E-state index is 14.2. The van der Waals surface area contributed by atoms with E-state index in [4.69, 9.17) is 23.7 Å². The van der Waals surface area contributed by atoms with Crippen LogP contribution in [0.25, 0.3) is 0 Å². The van der Waals surface area contributed by atoms with Gasteiger partial charge in [0.1, 0.15) is 18.1 Å². The van der Waals surface area contributed by atoms with Crippen molar-refractivity contribution in [2.24, 2.45) is 23.7 Å². The molecule has 13 atom stereocenters. The highest BCUT2D eigenvalue weighted by Gasteiger charge is 2.56. The molecule has 3 heterocycles. The quantitative estimate of drug-likeness (QED) is 0.291. The van der Waals surface area contributed by atoms with E-state index >= 15 is 0 Å². The Morgan fingerprint density at radius 2 is 1.77 bits per heavy atom. The number of cyclic esters (lactones) is 1. The number of ketones is 1. The third-order valence-electron chi connectivity index (χ3n) is 11.2. The molecule has 2 N–H and O–H groups in total. The number of carbonyl (C=O) groups excluding carboxylic acids is 3. The minimum atomic E-state index is -1.12. The predicted molar refractivity (Wildman–Crippen MR) is 178 cm³/mol. The number of rotatable bonds is 8. The summed E-state index contributed by atoms with van der Waals surface area (Å²) in [6.07, 6.45) is -2.08. The van der Waals surface area contributed by atoms with Crippen molar-refractivity contribution in [3.8, 4) is 0 Å². The van der Waals surface area contributed by atoms with Crippen molar-refractivity contribution in [3.63, 3.8) is 0 Å². The Bertz CT molecular complexity index is 1080. The molecule has 0 amide bonds. The molecule has 3 saturated heterocycles. The molecule has 0 bridgehead atoms. The van der Waals surface area contributed by atoms with Crippen LogP contribution >= 0.6 is 0 Å². The van der Waals surface area contributed by atoms with Crippen molar-refractivity contribution in [1.82, 2.24) is 15.1 Å². The van der Waals surface area contributed by atoms with Gasteiger partial charge in [-0.3, -0.25) is 14.4 Å². The fourth-order valence-electron chi connectivity index (χ4n) is 8.16. The van der Waals surface area contributed by atoms with Crippen molar-refractivity contribution in [2.45, 2.75) is 135 Å². The number of esters is 2. The first-order valence-corrected chi connectivity index (χ1v) is 17.5. The molecule has 0 spiro atoms. The topological polar surface area (TPSA) is 136 Å². The van der Waals surface area contributed by atoms with E-state index < -0.39 is 53.6 Å². The predicted octanol–water partition coefficient (Wildman–Crippen LogP) is 2.64. The van der Waals surface area contributed by atoms with Gasteiger partial charge < -0.3 is 43.9 Å². The van der Waals surface area contributed by atoms with Gasteiger partial charge in [-0.1, -0.05) is 27.7 Å². The van der Waals surface area contributed by atoms with Crippen molar-refractivity contribution in [2.75, 3.05) is 47.9 Å². The number of ether oxygens (including phenoxy) is 5. The molecular weight excluding hydrogens is 606 g/mol. The third-order valence-corrected chi connectivity index (χ3v) is 11.2. The number of nitrogens with one attached hydrogen (secondary N) is 1. The first kappa shape index (κ1) is 39.8. The Morgan fingerprint density at radius 1 is 1.11 bits per heavy atom. The van der Waals surface area contributed by atoms with Crippen LogP contribution in [0.15, 0.2) is 0 Å². The van der Waals surface area contributed by atoms with Crippen LogP contribution in [0.2, 0.25) is 0 Å². The molecule has 3 fully saturated rings. The van der Waals surface area contributed by atoms with Crippen LogP contribution in [0, 0.1) is 23.7 Å². The lowest BCUT2D eigenvalue weighted by atomic mass is 9.77. The van der Waals surface area contributed by atoms with Gasteiger partial charge in [0, 0.05) is 44.1 Å². The Morgan fingerprint density at radius 3 is 2.34 bits per heavy atom. The summed E-state index contributed by atoms with van der Waals surface area (Å²) in [7, 11) is 7.47. The molecule has 0 saturated carbocycles. The summed E-state index contributed by atoms with van der Waals surface area (Å²) < 4.78 is 31.3. The van der Waals surface area contributed by atoms with E-state index in [9.17, 15) is 19.5 Å². The van der Waals surface area contributed by atoms with Gasteiger partial charge >= 0.3 is 11.9 Å². The van der Waals surface area contributed by atoms with Crippen molar-refractivity contribution >= 4 is 17.7 Å². The number of Topliss-reactive ketones (excluding diaryl/α,β-unsaturated/α-hetero) is 1. The Labute approximate surface area is 282 Å². The highest BCUT2D eigenvalue weighted by Crippen LogP contribution is 2.43. The number of aliphatic hydroxyl groups excluding tert-OH is 1. The lowest BCUT2D eigenvalue weighted by Crippen LogP contribution is -2.60. The SMILES string of the molecule is CCNC[C@@H]1CC(N(C)C)[C@@H](O)[C@H](O[C@@H]2[C@@H](C)C(=O)C(C)C(=O)O[C@H](CC)[C@@]3(C)OC(=O)C[C@@H]3[C@@H](C)N(C)C[C@H](C)C[C@@]2(C)OC)O1. The average molecular weight is 670 g/mol. The Balaban J connectivity index is 2.05. The molecule has 3 rings (SSSR count). The molecule has 0 radical (unpaired) electrons. The van der Waals surface area contributed by atoms with Gasteiger partial charge in [0.05, 0.1) is 24.2 Å². The summed E-state index contributed by atoms with van der Waals surface area (Å²) in [6, 6.07) is -0.309. The largest absolute Gasteiger partial charge is 0.458 e. The zero-order valence-corrected chi connectivity index (χ0v) is 30.9. The maximum atomic E-state index is 14.2. The second kappa shape index (κ2) is 16.4. The van der Waals surface area contributed by atoms with E-state index in [0.717, 1.165) is 6.54 Å². The molecule has 0 aromatic rings. The van der Waals surface area contributed by atoms with Crippen LogP contribution in [0.4, 0.5) is 0 Å². The van der Waals surface area contributed by atoms with Crippen LogP contribution in [0.3, 0.4) is 0 Å². The number of aliphatic hydroxyl groups is 1. The van der Waals surface area contributed by atoms with Crippen LogP contribution in [0.1, 0.15) is 81.1 Å². The molecule has 2 unspecified atom stereocenters. The molecule has 47 heavy (non-hydrogen) atoms. The van der Waals surface area contributed by atoms with Gasteiger partial charge in [0.25, 0.3) is 0 Å². The maximum Gasteiger partial charge on any atom is 0.316 e. The highest BCUT2D eigenvalue weighted by atomic mass is 16.7. The highest BCUT2D eigenvalue weighted by molar-refractivity contribution is 6.00. The number of likely N-dealkylation sites (N-methyl/N-ethyl adjacent to an activating group) is 2. The van der Waals surface area contributed by atoms with Crippen LogP contribution in [0.5, 0.6) is 0 Å². The van der Waals surface area contributed by atoms with E-state index in [1.165, 1.54) is 0 Å². The number of methoxy groups -OCH3 is 1. The second-order valence-electron chi connectivity index (χ2n) is 15.0. The zero-order valence-electron chi connectivity index (χ0n) is 30.9. The average Bonchev–Trinajstić information content (AvgIpc) is 3.33. The van der Waals surface area contributed by atoms with E-state index in [1.807, 2.05) is 53.7 Å². The molecule has 272 valence electrons. The molecular formula is C35H63N3O9. The van der Waals surface area contributed by atoms with Gasteiger partial charge in [-0.2, -0.15) is 0 Å². The van der Waals surface area contributed by atoms with Crippen molar-refractivity contribution < 1.29 is 43.2 Å². The van der Waals surface area contributed by atoms with Crippen molar-refractivity contribution in [3.05, 3.63) is 0 Å². The number of hydrogen-bond acceptors (Lipinski definition) is 12. The van der Waals surface area contributed by atoms with Gasteiger partial charge in [-0.25, -0.2) is 0 Å². The smallest absolute Gasteiger partial charge is 0.316 e. The standard InChI is InChI=1S/C35H63N3O9/c1-13-27-35(8)25(16-28(39)47-35)23(6)38(11)19-20(3)17-34(7,43-12)31(21(4)29(40)22(5)32(42)45-27)46-33-30(41)26(37(9)10)15-24(44-33)18-36-14-2/h20-27,30-31,33,36,41H,13-19H2,1-12H3/t20-,21+,22?,23-,24+,25-,26?,27-,30-,31-,33+,34-,35+/m1/s1. The summed E-state index contributed by atoms with van der Waals surface area (Å²) in [5, 5.41) is 14.8. The van der Waals surface area contributed by atoms with Crippen LogP contribution in [-0.2, 0) is 38.1 Å². The first-order chi connectivity index (χ1) is 21.9. The number of fused-ring (bicyclic) bond motifs is 1. The third kappa shape index (κ3) is 8.74. The lowest BCUT2D eigenvalue weighted by Gasteiger charge is -2.47. The van der Waals surface area contributed by atoms with Crippen LogP contribution in [-0.4, -0.2) is 135 Å². The zero-order chi connectivity index (χ0) is 35.4. The van der Waals surface area contributed by atoms with E-state index in [2.05, 4.69) is 24.1 Å². The van der Waals surface area contributed by atoms with Crippen molar-refractivity contribution in [1.29, 1.82) is 0 Å². The van der Waals surface area contributed by atoms with E-state index in [0.29, 0.717) is 32.4 Å². The Hall–Kier alpha value is -1.67. The van der Waals surface area contributed by atoms with Gasteiger partial charge in [0.15, 0.2) is 17.7 Å². The normalized spacial score (nSPS) is 43.2. The minimum absolute atomic E-state index is 0.0701. The fraction of sp³-hybridized carbons (Fsp3) is 0.914. The molecule has 0 aliphatic carbocycles.